The first-order chi connectivity index (χ1) is 13.0. The third-order valence-electron chi connectivity index (χ3n) is 3.98. The molecule has 148 valence electrons. The Bertz CT molecular complexity index is 1040. The minimum Gasteiger partial charge on any atom is -0.474 e. The highest BCUT2D eigenvalue weighted by molar-refractivity contribution is 5.56. The highest BCUT2D eigenvalue weighted by Gasteiger charge is 2.33. The third kappa shape index (κ3) is 3.41. The molecule has 10 heteroatoms. The van der Waals surface area contributed by atoms with Gasteiger partial charge >= 0.3 is 0 Å². The molecule has 0 aliphatic carbocycles. The van der Waals surface area contributed by atoms with E-state index < -0.39 is 46.3 Å². The maximum atomic E-state index is 14.0. The fourth-order valence-electron chi connectivity index (χ4n) is 2.71. The van der Waals surface area contributed by atoms with Crippen molar-refractivity contribution in [3.05, 3.63) is 65.0 Å². The van der Waals surface area contributed by atoms with Crippen LogP contribution in [0, 0.1) is 34.9 Å². The average Bonchev–Trinajstić information content (AvgIpc) is 2.96. The van der Waals surface area contributed by atoms with Crippen LogP contribution >= 0.6 is 0 Å². The summed E-state index contributed by atoms with van der Waals surface area (Å²) in [6.45, 7) is 2.79. The molecule has 0 unspecified atom stereocenters. The molecule has 0 atom stereocenters. The van der Waals surface area contributed by atoms with Crippen molar-refractivity contribution in [1.29, 1.82) is 0 Å². The summed E-state index contributed by atoms with van der Waals surface area (Å²) >= 11 is 0. The van der Waals surface area contributed by atoms with Crippen LogP contribution < -0.4 is 4.74 Å². The zero-order chi connectivity index (χ0) is 20.8. The van der Waals surface area contributed by atoms with E-state index in [9.17, 15) is 26.3 Å². The summed E-state index contributed by atoms with van der Waals surface area (Å²) in [4.78, 5) is 0. The van der Waals surface area contributed by atoms with E-state index in [2.05, 4.69) is 10.2 Å². The van der Waals surface area contributed by atoms with Crippen molar-refractivity contribution in [2.75, 3.05) is 0 Å². The standard InChI is InChI=1S/C18H13F6N3O/c1-18(2,28-15-13(23)4-8(19)5-14(15)24)17-26-25-16(27(17)3)9-6-11(21)12(22)7-10(9)20/h4-7H,1-3H3. The van der Waals surface area contributed by atoms with Gasteiger partial charge < -0.3 is 9.30 Å². The van der Waals surface area contributed by atoms with E-state index in [1.807, 2.05) is 0 Å². The van der Waals surface area contributed by atoms with Crippen molar-refractivity contribution in [3.63, 3.8) is 0 Å². The molecule has 0 N–H and O–H groups in total. The SMILES string of the molecule is Cn1c(-c2cc(F)c(F)cc2F)nnc1C(C)(C)Oc1c(F)cc(F)cc1F. The fourth-order valence-corrected chi connectivity index (χ4v) is 2.71. The maximum absolute atomic E-state index is 14.0. The molecular weight excluding hydrogens is 388 g/mol. The molecule has 4 nitrogen and oxygen atoms in total. The lowest BCUT2D eigenvalue weighted by Crippen LogP contribution is -2.30. The van der Waals surface area contributed by atoms with Crippen LogP contribution in [-0.2, 0) is 12.6 Å². The maximum Gasteiger partial charge on any atom is 0.192 e. The summed E-state index contributed by atoms with van der Waals surface area (Å²) < 4.78 is 88.1. The largest absolute Gasteiger partial charge is 0.474 e. The molecule has 2 aromatic carbocycles. The predicted octanol–water partition coefficient (Wildman–Crippen LogP) is 4.63. The molecule has 3 aromatic rings. The summed E-state index contributed by atoms with van der Waals surface area (Å²) in [7, 11) is 1.38. The minimum absolute atomic E-state index is 0.00485. The van der Waals surface area contributed by atoms with Gasteiger partial charge in [0, 0.05) is 25.2 Å². The molecule has 1 heterocycles. The number of benzene rings is 2. The number of halogens is 6. The predicted molar refractivity (Wildman–Crippen MR) is 86.3 cm³/mol. The summed E-state index contributed by atoms with van der Waals surface area (Å²) in [5.41, 5.74) is -1.87. The Balaban J connectivity index is 2.03. The van der Waals surface area contributed by atoms with Gasteiger partial charge in [-0.25, -0.2) is 26.3 Å². The Hall–Kier alpha value is -3.04. The number of hydrogen-bond donors (Lipinski definition) is 0. The lowest BCUT2D eigenvalue weighted by atomic mass is 10.1. The topological polar surface area (TPSA) is 39.9 Å². The van der Waals surface area contributed by atoms with E-state index in [0.29, 0.717) is 24.3 Å². The van der Waals surface area contributed by atoms with Gasteiger partial charge in [-0.1, -0.05) is 0 Å². The number of nitrogens with zero attached hydrogens (tertiary/aromatic N) is 3. The number of ether oxygens (including phenoxy) is 1. The van der Waals surface area contributed by atoms with E-state index >= 15 is 0 Å². The molecule has 28 heavy (non-hydrogen) atoms. The molecule has 3 rings (SSSR count). The van der Waals surface area contributed by atoms with E-state index in [0.717, 1.165) is 0 Å². The second kappa shape index (κ2) is 6.84. The fraction of sp³-hybridized carbons (Fsp3) is 0.222. The lowest BCUT2D eigenvalue weighted by molar-refractivity contribution is 0.0833. The zero-order valence-corrected chi connectivity index (χ0v) is 14.8. The number of hydrogen-bond acceptors (Lipinski definition) is 3. The first-order valence-electron chi connectivity index (χ1n) is 7.89. The second-order valence-corrected chi connectivity index (χ2v) is 6.46. The molecule has 0 spiro atoms. The third-order valence-corrected chi connectivity index (χ3v) is 3.98. The molecular formula is C18H13F6N3O. The summed E-state index contributed by atoms with van der Waals surface area (Å²) in [5.74, 6) is -8.38. The Morgan fingerprint density at radius 3 is 1.96 bits per heavy atom. The molecule has 1 aromatic heterocycles. The van der Waals surface area contributed by atoms with Gasteiger partial charge in [-0.2, -0.15) is 0 Å². The van der Waals surface area contributed by atoms with Crippen LogP contribution in [0.5, 0.6) is 5.75 Å². The van der Waals surface area contributed by atoms with Gasteiger partial charge in [-0.3, -0.25) is 0 Å². The Labute approximate surface area is 155 Å². The zero-order valence-electron chi connectivity index (χ0n) is 14.8. The molecule has 0 aliphatic heterocycles. The first-order valence-corrected chi connectivity index (χ1v) is 7.89. The minimum atomic E-state index is -1.51. The van der Waals surface area contributed by atoms with Crippen LogP contribution in [0.1, 0.15) is 19.7 Å². The number of rotatable bonds is 4. The normalized spacial score (nSPS) is 11.8. The van der Waals surface area contributed by atoms with Gasteiger partial charge in [0.15, 0.2) is 46.3 Å². The quantitative estimate of drug-likeness (QED) is 0.473. The highest BCUT2D eigenvalue weighted by Crippen LogP contribution is 2.33. The van der Waals surface area contributed by atoms with Crippen LogP contribution in [0.3, 0.4) is 0 Å². The number of aromatic nitrogens is 3. The van der Waals surface area contributed by atoms with E-state index in [-0.39, 0.29) is 17.2 Å². The summed E-state index contributed by atoms with van der Waals surface area (Å²) in [5, 5.41) is 7.56. The average molecular weight is 401 g/mol. The van der Waals surface area contributed by atoms with Crippen molar-refractivity contribution >= 4 is 0 Å². The van der Waals surface area contributed by atoms with Gasteiger partial charge in [0.1, 0.15) is 11.6 Å². The van der Waals surface area contributed by atoms with Crippen molar-refractivity contribution in [1.82, 2.24) is 14.8 Å². The van der Waals surface area contributed by atoms with Gasteiger partial charge in [-0.05, 0) is 19.9 Å². The van der Waals surface area contributed by atoms with E-state index in [1.165, 1.54) is 25.5 Å². The van der Waals surface area contributed by atoms with Gasteiger partial charge in [0.25, 0.3) is 0 Å². The summed E-state index contributed by atoms with van der Waals surface area (Å²) in [6.07, 6.45) is 0. The Kier molecular flexibility index (Phi) is 4.82. The van der Waals surface area contributed by atoms with E-state index in [1.54, 1.807) is 0 Å². The highest BCUT2D eigenvalue weighted by atomic mass is 19.2. The molecule has 0 amide bonds. The van der Waals surface area contributed by atoms with Crippen LogP contribution in [-0.4, -0.2) is 14.8 Å². The van der Waals surface area contributed by atoms with Crippen LogP contribution in [0.2, 0.25) is 0 Å². The molecule has 0 bridgehead atoms. The van der Waals surface area contributed by atoms with Gasteiger partial charge in [0.2, 0.25) is 0 Å². The van der Waals surface area contributed by atoms with Crippen molar-refractivity contribution in [3.8, 4) is 17.1 Å². The molecule has 0 aliphatic rings. The summed E-state index contributed by atoms with van der Waals surface area (Å²) in [6, 6.07) is 1.89. The van der Waals surface area contributed by atoms with Crippen LogP contribution in [0.4, 0.5) is 26.3 Å². The van der Waals surface area contributed by atoms with Crippen molar-refractivity contribution < 1.29 is 31.1 Å². The van der Waals surface area contributed by atoms with Crippen molar-refractivity contribution in [2.24, 2.45) is 7.05 Å². The van der Waals surface area contributed by atoms with Crippen LogP contribution in [0.15, 0.2) is 24.3 Å². The van der Waals surface area contributed by atoms with Gasteiger partial charge in [-0.15, -0.1) is 10.2 Å². The lowest BCUT2D eigenvalue weighted by Gasteiger charge is -2.26. The monoisotopic (exact) mass is 401 g/mol. The molecule has 0 saturated carbocycles. The molecule has 0 saturated heterocycles. The second-order valence-electron chi connectivity index (χ2n) is 6.46. The van der Waals surface area contributed by atoms with E-state index in [4.69, 9.17) is 4.74 Å². The van der Waals surface area contributed by atoms with Crippen LogP contribution in [0.25, 0.3) is 11.4 Å². The first kappa shape index (κ1) is 19.7. The Morgan fingerprint density at radius 2 is 1.36 bits per heavy atom. The molecule has 0 radical (unpaired) electrons. The van der Waals surface area contributed by atoms with Crippen molar-refractivity contribution in [2.45, 2.75) is 19.4 Å². The van der Waals surface area contributed by atoms with Gasteiger partial charge in [0.05, 0.1) is 5.56 Å². The smallest absolute Gasteiger partial charge is 0.192 e. The molecule has 0 fully saturated rings. The Morgan fingerprint density at radius 1 is 0.786 bits per heavy atom.